The molecule has 1 aromatic heterocycles. The molecule has 0 spiro atoms. The van der Waals surface area contributed by atoms with Crippen LogP contribution in [-0.4, -0.2) is 23.6 Å². The van der Waals surface area contributed by atoms with Gasteiger partial charge in [0.05, 0.1) is 12.2 Å². The number of aryl methyl sites for hydroxylation is 1. The zero-order valence-corrected chi connectivity index (χ0v) is 10.7. The first-order valence-corrected chi connectivity index (χ1v) is 5.89. The highest BCUT2D eigenvalue weighted by molar-refractivity contribution is 5.33. The van der Waals surface area contributed by atoms with Gasteiger partial charge in [0.15, 0.2) is 0 Å². The minimum atomic E-state index is 0.709. The molecule has 0 bridgehead atoms. The van der Waals surface area contributed by atoms with Gasteiger partial charge in [-0.1, -0.05) is 35.2 Å². The SMILES string of the molecule is Cc1cc(CN(C)CC#Cc2ccccc2)no1. The molecule has 0 radical (unpaired) electrons. The summed E-state index contributed by atoms with van der Waals surface area (Å²) >= 11 is 0. The molecule has 0 aliphatic rings. The quantitative estimate of drug-likeness (QED) is 0.772. The van der Waals surface area contributed by atoms with Crippen LogP contribution in [0.15, 0.2) is 40.9 Å². The van der Waals surface area contributed by atoms with Crippen LogP contribution >= 0.6 is 0 Å². The van der Waals surface area contributed by atoms with Gasteiger partial charge in [0.2, 0.25) is 0 Å². The van der Waals surface area contributed by atoms with E-state index in [1.807, 2.05) is 50.4 Å². The van der Waals surface area contributed by atoms with Crippen molar-refractivity contribution in [3.05, 3.63) is 53.4 Å². The highest BCUT2D eigenvalue weighted by Gasteiger charge is 2.03. The second-order valence-electron chi connectivity index (χ2n) is 4.27. The van der Waals surface area contributed by atoms with E-state index in [2.05, 4.69) is 21.9 Å². The molecule has 0 aliphatic heterocycles. The van der Waals surface area contributed by atoms with Crippen molar-refractivity contribution in [3.8, 4) is 11.8 Å². The van der Waals surface area contributed by atoms with Gasteiger partial charge >= 0.3 is 0 Å². The molecule has 92 valence electrons. The van der Waals surface area contributed by atoms with Crippen LogP contribution in [0.5, 0.6) is 0 Å². The molecule has 0 saturated carbocycles. The topological polar surface area (TPSA) is 29.3 Å². The van der Waals surface area contributed by atoms with E-state index in [9.17, 15) is 0 Å². The van der Waals surface area contributed by atoms with Crippen LogP contribution in [0.25, 0.3) is 0 Å². The molecular weight excluding hydrogens is 224 g/mol. The molecular formula is C15H16N2O. The molecule has 0 atom stereocenters. The first-order chi connectivity index (χ1) is 8.74. The molecule has 1 aromatic carbocycles. The summed E-state index contributed by atoms with van der Waals surface area (Å²) in [6.07, 6.45) is 0. The maximum atomic E-state index is 5.03. The summed E-state index contributed by atoms with van der Waals surface area (Å²) in [6, 6.07) is 11.9. The number of hydrogen-bond donors (Lipinski definition) is 0. The van der Waals surface area contributed by atoms with Gasteiger partial charge in [-0.05, 0) is 26.1 Å². The van der Waals surface area contributed by atoms with Crippen molar-refractivity contribution in [1.82, 2.24) is 10.1 Å². The van der Waals surface area contributed by atoms with Crippen molar-refractivity contribution in [2.24, 2.45) is 0 Å². The Bertz CT molecular complexity index is 549. The maximum absolute atomic E-state index is 5.03. The summed E-state index contributed by atoms with van der Waals surface area (Å²) in [6.45, 7) is 3.35. The Morgan fingerprint density at radius 2 is 2.06 bits per heavy atom. The summed E-state index contributed by atoms with van der Waals surface area (Å²) in [4.78, 5) is 2.10. The molecule has 3 heteroatoms. The summed E-state index contributed by atoms with van der Waals surface area (Å²) < 4.78 is 5.03. The zero-order valence-electron chi connectivity index (χ0n) is 10.7. The third kappa shape index (κ3) is 3.76. The molecule has 0 amide bonds. The summed E-state index contributed by atoms with van der Waals surface area (Å²) in [5, 5.41) is 3.96. The summed E-state index contributed by atoms with van der Waals surface area (Å²) in [7, 11) is 2.02. The Balaban J connectivity index is 1.85. The first-order valence-electron chi connectivity index (χ1n) is 5.89. The molecule has 2 rings (SSSR count). The molecule has 3 nitrogen and oxygen atoms in total. The van der Waals surface area contributed by atoms with Crippen LogP contribution in [0.1, 0.15) is 17.0 Å². The highest BCUT2D eigenvalue weighted by atomic mass is 16.5. The van der Waals surface area contributed by atoms with Crippen molar-refractivity contribution in [1.29, 1.82) is 0 Å². The first kappa shape index (κ1) is 12.4. The van der Waals surface area contributed by atoms with Crippen LogP contribution in [0.2, 0.25) is 0 Å². The Kier molecular flexibility index (Phi) is 4.16. The average molecular weight is 240 g/mol. The second kappa shape index (κ2) is 6.04. The highest BCUT2D eigenvalue weighted by Crippen LogP contribution is 2.03. The van der Waals surface area contributed by atoms with Crippen LogP contribution < -0.4 is 0 Å². The van der Waals surface area contributed by atoms with Crippen LogP contribution in [0.4, 0.5) is 0 Å². The lowest BCUT2D eigenvalue weighted by molar-refractivity contribution is 0.338. The number of hydrogen-bond acceptors (Lipinski definition) is 3. The predicted octanol–water partition coefficient (Wildman–Crippen LogP) is 2.47. The Morgan fingerprint density at radius 3 is 2.72 bits per heavy atom. The van der Waals surface area contributed by atoms with E-state index in [4.69, 9.17) is 4.52 Å². The van der Waals surface area contributed by atoms with Crippen molar-refractivity contribution >= 4 is 0 Å². The van der Waals surface area contributed by atoms with Crippen molar-refractivity contribution in [2.75, 3.05) is 13.6 Å². The van der Waals surface area contributed by atoms with Crippen molar-refractivity contribution in [3.63, 3.8) is 0 Å². The van der Waals surface area contributed by atoms with Gasteiger partial charge in [-0.15, -0.1) is 0 Å². The average Bonchev–Trinajstić information content (AvgIpc) is 2.76. The number of benzene rings is 1. The molecule has 18 heavy (non-hydrogen) atoms. The van der Waals surface area contributed by atoms with Gasteiger partial charge in [0.25, 0.3) is 0 Å². The van der Waals surface area contributed by atoms with Gasteiger partial charge in [-0.2, -0.15) is 0 Å². The van der Waals surface area contributed by atoms with Crippen LogP contribution in [0, 0.1) is 18.8 Å². The van der Waals surface area contributed by atoms with Gasteiger partial charge in [0.1, 0.15) is 5.76 Å². The van der Waals surface area contributed by atoms with Gasteiger partial charge in [-0.25, -0.2) is 0 Å². The smallest absolute Gasteiger partial charge is 0.133 e. The Morgan fingerprint density at radius 1 is 1.28 bits per heavy atom. The van der Waals surface area contributed by atoms with Crippen LogP contribution in [-0.2, 0) is 6.54 Å². The molecule has 2 aromatic rings. The normalized spacial score (nSPS) is 10.2. The molecule has 1 heterocycles. The lowest BCUT2D eigenvalue weighted by Crippen LogP contribution is -2.18. The fourth-order valence-electron chi connectivity index (χ4n) is 1.62. The Hall–Kier alpha value is -2.05. The second-order valence-corrected chi connectivity index (χ2v) is 4.27. The third-order valence-corrected chi connectivity index (χ3v) is 2.46. The fourth-order valence-corrected chi connectivity index (χ4v) is 1.62. The Labute approximate surface area is 107 Å². The molecule has 0 aliphatic carbocycles. The standard InChI is InChI=1S/C15H16N2O/c1-13-11-15(16-18-13)12-17(2)10-6-9-14-7-4-3-5-8-14/h3-5,7-8,11H,10,12H2,1-2H3. The molecule has 0 fully saturated rings. The van der Waals surface area contributed by atoms with E-state index in [-0.39, 0.29) is 0 Å². The van der Waals surface area contributed by atoms with Gasteiger partial charge < -0.3 is 4.52 Å². The predicted molar refractivity (Wildman–Crippen MR) is 70.9 cm³/mol. The summed E-state index contributed by atoms with van der Waals surface area (Å²) in [5.74, 6) is 7.12. The van der Waals surface area contributed by atoms with Crippen molar-refractivity contribution in [2.45, 2.75) is 13.5 Å². The summed E-state index contributed by atoms with van der Waals surface area (Å²) in [5.41, 5.74) is 1.99. The monoisotopic (exact) mass is 240 g/mol. The number of nitrogens with zero attached hydrogens (tertiary/aromatic N) is 2. The third-order valence-electron chi connectivity index (χ3n) is 2.46. The van der Waals surface area contributed by atoms with Gasteiger partial charge in [0, 0.05) is 18.2 Å². The molecule has 0 N–H and O–H groups in total. The number of aromatic nitrogens is 1. The van der Waals surface area contributed by atoms with E-state index in [0.29, 0.717) is 6.54 Å². The van der Waals surface area contributed by atoms with Crippen molar-refractivity contribution < 1.29 is 4.52 Å². The fraction of sp³-hybridized carbons (Fsp3) is 0.267. The lowest BCUT2D eigenvalue weighted by atomic mass is 10.2. The van der Waals surface area contributed by atoms with Gasteiger partial charge in [-0.3, -0.25) is 4.90 Å². The minimum Gasteiger partial charge on any atom is -0.361 e. The van der Waals surface area contributed by atoms with E-state index in [0.717, 1.165) is 23.6 Å². The molecule has 0 saturated heterocycles. The van der Waals surface area contributed by atoms with E-state index >= 15 is 0 Å². The van der Waals surface area contributed by atoms with E-state index in [1.165, 1.54) is 0 Å². The van der Waals surface area contributed by atoms with Crippen LogP contribution in [0.3, 0.4) is 0 Å². The lowest BCUT2D eigenvalue weighted by Gasteiger charge is -2.09. The largest absolute Gasteiger partial charge is 0.361 e. The van der Waals surface area contributed by atoms with E-state index < -0.39 is 0 Å². The van der Waals surface area contributed by atoms with E-state index in [1.54, 1.807) is 0 Å². The molecule has 0 unspecified atom stereocenters. The minimum absolute atomic E-state index is 0.709. The zero-order chi connectivity index (χ0) is 12.8. The number of rotatable bonds is 3. The maximum Gasteiger partial charge on any atom is 0.133 e.